The van der Waals surface area contributed by atoms with E-state index in [4.69, 9.17) is 9.47 Å². The third kappa shape index (κ3) is 3.99. The second-order valence-electron chi connectivity index (χ2n) is 6.65. The van der Waals surface area contributed by atoms with E-state index in [1.54, 1.807) is 34.3 Å². The molecule has 3 rings (SSSR count). The average Bonchev–Trinajstić information content (AvgIpc) is 2.95. The van der Waals surface area contributed by atoms with Crippen molar-refractivity contribution in [3.63, 3.8) is 0 Å². The van der Waals surface area contributed by atoms with Crippen LogP contribution in [0.5, 0.6) is 0 Å². The predicted molar refractivity (Wildman–Crippen MR) is 101 cm³/mol. The summed E-state index contributed by atoms with van der Waals surface area (Å²) in [6.45, 7) is 7.51. The fourth-order valence-corrected chi connectivity index (χ4v) is 3.28. The number of ether oxygens (including phenoxy) is 2. The molecule has 152 valence electrons. The highest BCUT2D eigenvalue weighted by Crippen LogP contribution is 2.37. The van der Waals surface area contributed by atoms with Crippen molar-refractivity contribution in [2.24, 2.45) is 7.05 Å². The Morgan fingerprint density at radius 2 is 2.04 bits per heavy atom. The zero-order valence-electron chi connectivity index (χ0n) is 16.2. The molecule has 0 unspecified atom stereocenters. The van der Waals surface area contributed by atoms with E-state index in [9.17, 15) is 13.2 Å². The highest BCUT2D eigenvalue weighted by Gasteiger charge is 2.38. The number of aromatic nitrogens is 2. The standard InChI is InChI=1S/C19H24F3N4O2/c1-5-27-8-9-28-16-12-24(2)7-6-14(16)17-23-15-10-13(19(20,21)22)11-25(3)18(15)26(17)4/h6,10,12H,2,5,7-9,11H2,1,3-4H3/q+1. The van der Waals surface area contributed by atoms with Gasteiger partial charge in [0.15, 0.2) is 12.3 Å². The van der Waals surface area contributed by atoms with Crippen molar-refractivity contribution >= 4 is 24.2 Å². The number of fused-ring (bicyclic) bond motifs is 1. The Hall–Kier alpha value is -2.55. The second-order valence-corrected chi connectivity index (χ2v) is 6.65. The molecule has 0 radical (unpaired) electrons. The van der Waals surface area contributed by atoms with E-state index in [2.05, 4.69) is 11.7 Å². The maximum atomic E-state index is 13.2. The molecular formula is C19H24F3N4O2+. The minimum Gasteiger partial charge on any atom is -0.484 e. The lowest BCUT2D eigenvalue weighted by Crippen LogP contribution is -2.31. The molecule has 2 aliphatic rings. The van der Waals surface area contributed by atoms with Gasteiger partial charge in [0.25, 0.3) is 0 Å². The number of anilines is 1. The van der Waals surface area contributed by atoms with Crippen LogP contribution in [0.25, 0.3) is 11.6 Å². The summed E-state index contributed by atoms with van der Waals surface area (Å²) in [5.41, 5.74) is 0.409. The van der Waals surface area contributed by atoms with Gasteiger partial charge in [0, 0.05) is 27.2 Å². The number of hydrogen-bond donors (Lipinski definition) is 0. The Morgan fingerprint density at radius 1 is 1.29 bits per heavy atom. The van der Waals surface area contributed by atoms with Gasteiger partial charge in [-0.25, -0.2) is 9.56 Å². The van der Waals surface area contributed by atoms with Crippen LogP contribution in [0.1, 0.15) is 18.4 Å². The molecule has 0 fully saturated rings. The summed E-state index contributed by atoms with van der Waals surface area (Å²) in [7, 11) is 3.42. The monoisotopic (exact) mass is 397 g/mol. The lowest BCUT2D eigenvalue weighted by molar-refractivity contribution is -0.439. The van der Waals surface area contributed by atoms with E-state index in [1.807, 2.05) is 13.0 Å². The highest BCUT2D eigenvalue weighted by atomic mass is 19.4. The number of rotatable bonds is 6. The Balaban J connectivity index is 1.95. The van der Waals surface area contributed by atoms with Gasteiger partial charge >= 0.3 is 6.18 Å². The molecule has 28 heavy (non-hydrogen) atoms. The number of allylic oxidation sites excluding steroid dienone is 1. The number of alkyl halides is 3. The van der Waals surface area contributed by atoms with Gasteiger partial charge in [0.05, 0.1) is 17.8 Å². The maximum absolute atomic E-state index is 13.2. The smallest absolute Gasteiger partial charge is 0.414 e. The van der Waals surface area contributed by atoms with Gasteiger partial charge in [-0.05, 0) is 19.1 Å². The minimum atomic E-state index is -4.38. The molecule has 0 atom stereocenters. The zero-order valence-corrected chi connectivity index (χ0v) is 16.2. The molecule has 0 bridgehead atoms. The summed E-state index contributed by atoms with van der Waals surface area (Å²) in [5, 5.41) is 0. The number of nitrogens with zero attached hydrogens (tertiary/aromatic N) is 4. The first-order valence-electron chi connectivity index (χ1n) is 8.98. The Labute approximate surface area is 161 Å². The number of imidazole rings is 1. The fourth-order valence-electron chi connectivity index (χ4n) is 3.28. The second kappa shape index (κ2) is 7.83. The van der Waals surface area contributed by atoms with Gasteiger partial charge in [0.1, 0.15) is 30.7 Å². The molecule has 0 spiro atoms. The first-order valence-corrected chi connectivity index (χ1v) is 8.98. The molecule has 1 aromatic rings. The molecule has 0 aliphatic carbocycles. The molecule has 6 nitrogen and oxygen atoms in total. The Bertz CT molecular complexity index is 865. The van der Waals surface area contributed by atoms with Gasteiger partial charge in [-0.3, -0.25) is 0 Å². The molecule has 2 aliphatic heterocycles. The summed E-state index contributed by atoms with van der Waals surface area (Å²) in [6, 6.07) is 0. The van der Waals surface area contributed by atoms with Crippen molar-refractivity contribution in [3.05, 3.63) is 35.1 Å². The van der Waals surface area contributed by atoms with E-state index < -0.39 is 11.7 Å². The summed E-state index contributed by atoms with van der Waals surface area (Å²) in [5.74, 6) is 1.75. The Kier molecular flexibility index (Phi) is 5.64. The van der Waals surface area contributed by atoms with Crippen LogP contribution in [0.3, 0.4) is 0 Å². The molecule has 0 saturated carbocycles. The van der Waals surface area contributed by atoms with Gasteiger partial charge < -0.3 is 18.9 Å². The summed E-state index contributed by atoms with van der Waals surface area (Å²) >= 11 is 0. The normalized spacial score (nSPS) is 17.1. The van der Waals surface area contributed by atoms with Crippen LogP contribution in [-0.2, 0) is 16.5 Å². The van der Waals surface area contributed by atoms with Crippen molar-refractivity contribution in [1.29, 1.82) is 0 Å². The van der Waals surface area contributed by atoms with Crippen LogP contribution in [0.2, 0.25) is 0 Å². The van der Waals surface area contributed by atoms with E-state index in [1.165, 1.54) is 0 Å². The van der Waals surface area contributed by atoms with Crippen LogP contribution < -0.4 is 4.90 Å². The Morgan fingerprint density at radius 3 is 2.71 bits per heavy atom. The number of likely N-dealkylation sites (N-methyl/N-ethyl adjacent to an activating group) is 1. The van der Waals surface area contributed by atoms with E-state index in [0.717, 1.165) is 11.6 Å². The maximum Gasteiger partial charge on any atom is 0.414 e. The summed E-state index contributed by atoms with van der Waals surface area (Å²) in [6.07, 6.45) is 0.408. The molecule has 0 N–H and O–H groups in total. The van der Waals surface area contributed by atoms with Gasteiger partial charge in [0.2, 0.25) is 6.20 Å². The summed E-state index contributed by atoms with van der Waals surface area (Å²) in [4.78, 5) is 6.05. The van der Waals surface area contributed by atoms with Crippen molar-refractivity contribution < 1.29 is 27.2 Å². The van der Waals surface area contributed by atoms with Crippen molar-refractivity contribution in [2.45, 2.75) is 13.1 Å². The lowest BCUT2D eigenvalue weighted by atomic mass is 10.1. The number of hydrogen-bond acceptors (Lipinski definition) is 4. The topological polar surface area (TPSA) is 42.5 Å². The van der Waals surface area contributed by atoms with Crippen molar-refractivity contribution in [2.75, 3.05) is 44.9 Å². The molecule has 0 aromatic carbocycles. The summed E-state index contributed by atoms with van der Waals surface area (Å²) < 4.78 is 54.2. The predicted octanol–water partition coefficient (Wildman–Crippen LogP) is 2.82. The van der Waals surface area contributed by atoms with Gasteiger partial charge in [-0.2, -0.15) is 13.2 Å². The zero-order chi connectivity index (χ0) is 20.5. The van der Waals surface area contributed by atoms with Crippen LogP contribution in [0.4, 0.5) is 19.0 Å². The van der Waals surface area contributed by atoms with Gasteiger partial charge in [-0.15, -0.1) is 0 Å². The highest BCUT2D eigenvalue weighted by molar-refractivity contribution is 5.79. The van der Waals surface area contributed by atoms with Crippen molar-refractivity contribution in [1.82, 2.24) is 9.55 Å². The van der Waals surface area contributed by atoms with E-state index >= 15 is 0 Å². The molecule has 0 amide bonds. The van der Waals surface area contributed by atoms with E-state index in [0.29, 0.717) is 49.5 Å². The molecule has 0 saturated heterocycles. The molecule has 9 heteroatoms. The minimum absolute atomic E-state index is 0.214. The lowest BCUT2D eigenvalue weighted by Gasteiger charge is -2.27. The van der Waals surface area contributed by atoms with Crippen LogP contribution in [-0.4, -0.2) is 67.0 Å². The first kappa shape index (κ1) is 20.2. The quantitative estimate of drug-likeness (QED) is 0.547. The first-order chi connectivity index (χ1) is 13.2. The third-order valence-electron chi connectivity index (χ3n) is 4.56. The SMILES string of the molecule is C=[N+]1C=C(OCCOCC)C(c2nc3c(n2C)N(C)CC(C(F)(F)F)=C3)=CC1. The molecule has 3 heterocycles. The van der Waals surface area contributed by atoms with Crippen LogP contribution >= 0.6 is 0 Å². The fraction of sp³-hybridized carbons (Fsp3) is 0.474. The number of halogens is 3. The van der Waals surface area contributed by atoms with Gasteiger partial charge in [-0.1, -0.05) is 0 Å². The van der Waals surface area contributed by atoms with Crippen LogP contribution in [0, 0.1) is 0 Å². The molecular weight excluding hydrogens is 373 g/mol. The molecule has 1 aromatic heterocycles. The average molecular weight is 397 g/mol. The van der Waals surface area contributed by atoms with Crippen molar-refractivity contribution in [3.8, 4) is 0 Å². The van der Waals surface area contributed by atoms with Crippen LogP contribution in [0.15, 0.2) is 23.6 Å². The third-order valence-corrected chi connectivity index (χ3v) is 4.56. The largest absolute Gasteiger partial charge is 0.484 e. The van der Waals surface area contributed by atoms with E-state index in [-0.39, 0.29) is 6.54 Å².